The number of carbonyl (C=O) groups is 3. The molecule has 8 heteroatoms. The predicted molar refractivity (Wildman–Crippen MR) is 83.0 cm³/mol. The van der Waals surface area contributed by atoms with Gasteiger partial charge in [-0.1, -0.05) is 0 Å². The molecule has 3 N–H and O–H groups in total. The fourth-order valence-electron chi connectivity index (χ4n) is 2.73. The lowest BCUT2D eigenvalue weighted by molar-refractivity contribution is -0.134. The second-order valence-electron chi connectivity index (χ2n) is 5.61. The molecule has 2 aliphatic heterocycles. The first-order valence-electron chi connectivity index (χ1n) is 7.70. The maximum absolute atomic E-state index is 12.3. The van der Waals surface area contributed by atoms with Crippen molar-refractivity contribution in [3.05, 3.63) is 24.0 Å². The first-order chi connectivity index (χ1) is 11.1. The van der Waals surface area contributed by atoms with E-state index < -0.39 is 17.9 Å². The van der Waals surface area contributed by atoms with Crippen molar-refractivity contribution >= 4 is 23.4 Å². The monoisotopic (exact) mass is 317 g/mol. The Kier molecular flexibility index (Phi) is 4.52. The van der Waals surface area contributed by atoms with Crippen molar-refractivity contribution in [2.75, 3.05) is 31.1 Å². The van der Waals surface area contributed by atoms with Crippen LogP contribution in [0.2, 0.25) is 0 Å². The highest BCUT2D eigenvalue weighted by Gasteiger charge is 2.28. The number of hydrogen-bond donors (Lipinski definition) is 3. The average Bonchev–Trinajstić information content (AvgIpc) is 2.58. The number of aromatic nitrogens is 1. The van der Waals surface area contributed by atoms with Crippen molar-refractivity contribution in [2.45, 2.75) is 18.9 Å². The number of anilines is 1. The first kappa shape index (κ1) is 15.4. The summed E-state index contributed by atoms with van der Waals surface area (Å²) < 4.78 is 0. The zero-order valence-electron chi connectivity index (χ0n) is 12.7. The van der Waals surface area contributed by atoms with Crippen molar-refractivity contribution in [3.63, 3.8) is 0 Å². The molecule has 8 nitrogen and oxygen atoms in total. The van der Waals surface area contributed by atoms with E-state index in [1.54, 1.807) is 12.3 Å². The number of piperidine rings is 1. The van der Waals surface area contributed by atoms with Gasteiger partial charge in [-0.3, -0.25) is 24.7 Å². The fraction of sp³-hybridized carbons (Fsp3) is 0.467. The second kappa shape index (κ2) is 6.74. The van der Waals surface area contributed by atoms with Crippen LogP contribution >= 0.6 is 0 Å². The highest BCUT2D eigenvalue weighted by Crippen LogP contribution is 2.15. The molecule has 1 unspecified atom stereocenters. The molecule has 2 aliphatic rings. The van der Waals surface area contributed by atoms with Gasteiger partial charge in [0.15, 0.2) is 0 Å². The Morgan fingerprint density at radius 2 is 2.09 bits per heavy atom. The van der Waals surface area contributed by atoms with Crippen molar-refractivity contribution in [2.24, 2.45) is 0 Å². The van der Waals surface area contributed by atoms with Gasteiger partial charge in [0.2, 0.25) is 11.8 Å². The third kappa shape index (κ3) is 3.65. The van der Waals surface area contributed by atoms with Crippen molar-refractivity contribution in [3.8, 4) is 0 Å². The van der Waals surface area contributed by atoms with Gasteiger partial charge < -0.3 is 15.5 Å². The summed E-state index contributed by atoms with van der Waals surface area (Å²) >= 11 is 0. The van der Waals surface area contributed by atoms with Gasteiger partial charge in [-0.2, -0.15) is 0 Å². The summed E-state index contributed by atoms with van der Waals surface area (Å²) in [5, 5.41) is 8.14. The molecule has 0 aliphatic carbocycles. The lowest BCUT2D eigenvalue weighted by Gasteiger charge is -2.29. The van der Waals surface area contributed by atoms with Crippen LogP contribution in [-0.2, 0) is 9.59 Å². The van der Waals surface area contributed by atoms with Crippen LogP contribution in [0.15, 0.2) is 18.3 Å². The topological polar surface area (TPSA) is 103 Å². The van der Waals surface area contributed by atoms with Gasteiger partial charge in [0.1, 0.15) is 11.7 Å². The number of carbonyl (C=O) groups excluding carboxylic acids is 3. The lowest BCUT2D eigenvalue weighted by Crippen LogP contribution is -2.52. The molecule has 3 heterocycles. The number of amides is 3. The summed E-state index contributed by atoms with van der Waals surface area (Å²) in [6.45, 7) is 3.55. The van der Waals surface area contributed by atoms with Crippen LogP contribution in [0, 0.1) is 0 Å². The third-order valence-electron chi connectivity index (χ3n) is 4.00. The molecule has 0 bridgehead atoms. The normalized spacial score (nSPS) is 21.7. The molecule has 3 amide bonds. The van der Waals surface area contributed by atoms with E-state index in [4.69, 9.17) is 0 Å². The fourth-order valence-corrected chi connectivity index (χ4v) is 2.73. The Balaban J connectivity index is 1.67. The molecule has 1 aromatic rings. The molecule has 1 atom stereocenters. The number of piperazine rings is 1. The Hall–Kier alpha value is -2.48. The molecule has 2 fully saturated rings. The zero-order valence-corrected chi connectivity index (χ0v) is 12.7. The van der Waals surface area contributed by atoms with Gasteiger partial charge in [0.05, 0.1) is 0 Å². The third-order valence-corrected chi connectivity index (χ3v) is 4.00. The summed E-state index contributed by atoms with van der Waals surface area (Å²) in [4.78, 5) is 41.4. The number of hydrogen-bond acceptors (Lipinski definition) is 6. The predicted octanol–water partition coefficient (Wildman–Crippen LogP) is -0.974. The van der Waals surface area contributed by atoms with Crippen molar-refractivity contribution in [1.82, 2.24) is 20.9 Å². The molecule has 0 radical (unpaired) electrons. The van der Waals surface area contributed by atoms with Crippen LogP contribution in [0.1, 0.15) is 23.3 Å². The summed E-state index contributed by atoms with van der Waals surface area (Å²) in [5.74, 6) is -1.18. The van der Waals surface area contributed by atoms with E-state index in [9.17, 15) is 14.4 Å². The van der Waals surface area contributed by atoms with E-state index >= 15 is 0 Å². The number of nitrogens with zero attached hydrogens (tertiary/aromatic N) is 2. The minimum absolute atomic E-state index is 0.227. The number of imide groups is 1. The number of rotatable bonds is 3. The second-order valence-corrected chi connectivity index (χ2v) is 5.61. The standard InChI is InChI=1S/C15H19N5O3/c21-13-2-1-11(14(22)19-13)18-15(23)12-9-10(3-4-17-12)20-7-5-16-6-8-20/h3-4,9,11,16H,1-2,5-8H2,(H,18,23)(H,19,21,22). The van der Waals surface area contributed by atoms with Crippen molar-refractivity contribution in [1.29, 1.82) is 0 Å². The van der Waals surface area contributed by atoms with E-state index in [2.05, 4.69) is 25.8 Å². The smallest absolute Gasteiger partial charge is 0.270 e. The van der Waals surface area contributed by atoms with E-state index in [1.165, 1.54) is 0 Å². The molecule has 2 saturated heterocycles. The molecule has 0 saturated carbocycles. The Morgan fingerprint density at radius 1 is 1.30 bits per heavy atom. The lowest BCUT2D eigenvalue weighted by atomic mass is 10.1. The maximum Gasteiger partial charge on any atom is 0.270 e. The number of nitrogens with one attached hydrogen (secondary N) is 3. The Morgan fingerprint density at radius 3 is 2.83 bits per heavy atom. The van der Waals surface area contributed by atoms with E-state index in [-0.39, 0.29) is 18.0 Å². The summed E-state index contributed by atoms with van der Waals surface area (Å²) in [5.41, 5.74) is 1.21. The zero-order chi connectivity index (χ0) is 16.2. The van der Waals surface area contributed by atoms with Crippen molar-refractivity contribution < 1.29 is 14.4 Å². The molecule has 23 heavy (non-hydrogen) atoms. The van der Waals surface area contributed by atoms with Gasteiger partial charge in [0, 0.05) is 44.5 Å². The summed E-state index contributed by atoms with van der Waals surface area (Å²) in [6, 6.07) is 2.91. The molecule has 3 rings (SSSR count). The van der Waals surface area contributed by atoms with E-state index in [1.807, 2.05) is 6.07 Å². The average molecular weight is 317 g/mol. The minimum atomic E-state index is -0.690. The van der Waals surface area contributed by atoms with Gasteiger partial charge in [-0.25, -0.2) is 0 Å². The molecular weight excluding hydrogens is 298 g/mol. The van der Waals surface area contributed by atoms with Crippen LogP contribution in [0.5, 0.6) is 0 Å². The van der Waals surface area contributed by atoms with Crippen LogP contribution in [-0.4, -0.2) is 54.9 Å². The van der Waals surface area contributed by atoms with Crippen LogP contribution in [0.25, 0.3) is 0 Å². The quantitative estimate of drug-likeness (QED) is 0.620. The Labute approximate surface area is 133 Å². The number of pyridine rings is 1. The SMILES string of the molecule is O=C1CCC(NC(=O)c2cc(N3CCNCC3)ccn2)C(=O)N1. The molecular formula is C15H19N5O3. The minimum Gasteiger partial charge on any atom is -0.369 e. The molecule has 122 valence electrons. The molecule has 0 spiro atoms. The largest absolute Gasteiger partial charge is 0.369 e. The van der Waals surface area contributed by atoms with Gasteiger partial charge in [0.25, 0.3) is 5.91 Å². The van der Waals surface area contributed by atoms with Gasteiger partial charge >= 0.3 is 0 Å². The first-order valence-corrected chi connectivity index (χ1v) is 7.70. The maximum atomic E-state index is 12.3. The Bertz CT molecular complexity index is 627. The van der Waals surface area contributed by atoms with Crippen LogP contribution < -0.4 is 20.9 Å². The molecule has 1 aromatic heterocycles. The molecule has 0 aromatic carbocycles. The van der Waals surface area contributed by atoms with Gasteiger partial charge in [-0.15, -0.1) is 0 Å². The van der Waals surface area contributed by atoms with E-state index in [0.29, 0.717) is 6.42 Å². The van der Waals surface area contributed by atoms with Crippen LogP contribution in [0.3, 0.4) is 0 Å². The highest BCUT2D eigenvalue weighted by atomic mass is 16.2. The highest BCUT2D eigenvalue weighted by molar-refractivity contribution is 6.03. The van der Waals surface area contributed by atoms with Crippen LogP contribution in [0.4, 0.5) is 5.69 Å². The summed E-state index contributed by atoms with van der Waals surface area (Å²) in [6.07, 6.45) is 2.13. The van der Waals surface area contributed by atoms with Gasteiger partial charge in [-0.05, 0) is 18.6 Å². The summed E-state index contributed by atoms with van der Waals surface area (Å²) in [7, 11) is 0. The van der Waals surface area contributed by atoms with E-state index in [0.717, 1.165) is 31.9 Å².